The fourth-order valence-corrected chi connectivity index (χ4v) is 2.52. The Morgan fingerprint density at radius 3 is 2.70 bits per heavy atom. The highest BCUT2D eigenvalue weighted by atomic mass is 32.1. The molecule has 0 bridgehead atoms. The van der Waals surface area contributed by atoms with Crippen molar-refractivity contribution in [3.8, 4) is 41.3 Å². The number of aromatic hydroxyl groups is 1. The van der Waals surface area contributed by atoms with Crippen molar-refractivity contribution in [2.24, 2.45) is 0 Å². The number of phenolic OH excluding ortho intramolecular Hbond substituents is 1. The van der Waals surface area contributed by atoms with Gasteiger partial charge in [0.25, 0.3) is 0 Å². The molecular weight excluding hydrogens is 358 g/mol. The Morgan fingerprint density at radius 1 is 1.22 bits per heavy atom. The number of aromatic nitrogens is 3. The Kier molecular flexibility index (Phi) is 5.46. The summed E-state index contributed by atoms with van der Waals surface area (Å²) in [5, 5.41) is 12.7. The summed E-state index contributed by atoms with van der Waals surface area (Å²) in [5.41, 5.74) is 2.58. The van der Waals surface area contributed by atoms with Crippen LogP contribution in [-0.4, -0.2) is 31.7 Å². The average Bonchev–Trinajstić information content (AvgIpc) is 2.70. The molecule has 1 aromatic carbocycles. The van der Waals surface area contributed by atoms with Crippen molar-refractivity contribution in [1.82, 2.24) is 20.3 Å². The van der Waals surface area contributed by atoms with Gasteiger partial charge in [0.05, 0.1) is 18.4 Å². The van der Waals surface area contributed by atoms with E-state index in [-0.39, 0.29) is 5.75 Å². The molecule has 0 fully saturated rings. The maximum atomic E-state index is 9.44. The fourth-order valence-electron chi connectivity index (χ4n) is 2.31. The molecule has 0 saturated carbocycles. The van der Waals surface area contributed by atoms with E-state index in [2.05, 4.69) is 38.2 Å². The highest BCUT2D eigenvalue weighted by Gasteiger charge is 2.13. The highest BCUT2D eigenvalue weighted by Crippen LogP contribution is 2.22. The molecule has 3 rings (SSSR count). The largest absolute Gasteiger partial charge is 0.508 e. The molecule has 6 nitrogen and oxygen atoms in total. The second kappa shape index (κ2) is 8.13. The number of nitrogens with zero attached hydrogens (tertiary/aromatic N) is 4. The lowest BCUT2D eigenvalue weighted by molar-refractivity contribution is 0.475. The van der Waals surface area contributed by atoms with E-state index in [0.29, 0.717) is 34.3 Å². The van der Waals surface area contributed by atoms with Gasteiger partial charge in [0, 0.05) is 11.6 Å². The number of pyridine rings is 1. The minimum atomic E-state index is 0.190. The molecule has 0 spiro atoms. The van der Waals surface area contributed by atoms with E-state index in [1.807, 2.05) is 0 Å². The molecule has 3 aromatic rings. The summed E-state index contributed by atoms with van der Waals surface area (Å²) in [6, 6.07) is 13.2. The van der Waals surface area contributed by atoms with E-state index in [1.54, 1.807) is 54.4 Å². The van der Waals surface area contributed by atoms with E-state index in [4.69, 9.17) is 18.6 Å². The number of hydrogen-bond acceptors (Lipinski definition) is 5. The normalized spacial score (nSPS) is 9.78. The smallest absolute Gasteiger partial charge is 0.187 e. The Hall–Kier alpha value is -3.68. The van der Waals surface area contributed by atoms with Crippen LogP contribution < -0.4 is 10.2 Å². The molecule has 0 amide bonds. The van der Waals surface area contributed by atoms with Crippen LogP contribution in [0.4, 0.5) is 5.82 Å². The van der Waals surface area contributed by atoms with Crippen molar-refractivity contribution in [2.45, 2.75) is 6.92 Å². The van der Waals surface area contributed by atoms with Crippen molar-refractivity contribution in [3.05, 3.63) is 42.6 Å². The summed E-state index contributed by atoms with van der Waals surface area (Å²) < 4.78 is 0. The summed E-state index contributed by atoms with van der Waals surface area (Å²) in [5.74, 6) is 5.99. The highest BCUT2D eigenvalue weighted by molar-refractivity contribution is 7.80. The molecule has 0 aliphatic carbocycles. The molecule has 0 aliphatic rings. The summed E-state index contributed by atoms with van der Waals surface area (Å²) >= 11 is 5.34. The monoisotopic (exact) mass is 373 g/mol. The van der Waals surface area contributed by atoms with Crippen LogP contribution in [0.25, 0.3) is 22.4 Å². The Morgan fingerprint density at radius 2 is 2.00 bits per heavy atom. The number of nitrogens with one attached hydrogen (secondary N) is 1. The van der Waals surface area contributed by atoms with Gasteiger partial charge >= 0.3 is 0 Å². The maximum Gasteiger partial charge on any atom is 0.187 e. The van der Waals surface area contributed by atoms with Gasteiger partial charge in [0.15, 0.2) is 10.8 Å². The van der Waals surface area contributed by atoms with Crippen LogP contribution in [0.1, 0.15) is 6.92 Å². The van der Waals surface area contributed by atoms with Gasteiger partial charge in [-0.1, -0.05) is 11.8 Å². The van der Waals surface area contributed by atoms with Crippen LogP contribution in [0.5, 0.6) is 5.75 Å². The van der Waals surface area contributed by atoms with Crippen molar-refractivity contribution in [3.63, 3.8) is 0 Å². The van der Waals surface area contributed by atoms with Gasteiger partial charge in [0.1, 0.15) is 17.1 Å². The Labute approximate surface area is 162 Å². The van der Waals surface area contributed by atoms with E-state index >= 15 is 0 Å². The molecule has 0 aliphatic heterocycles. The van der Waals surface area contributed by atoms with Gasteiger partial charge in [-0.25, -0.2) is 14.9 Å². The molecule has 132 valence electrons. The lowest BCUT2D eigenvalue weighted by Gasteiger charge is -2.17. The number of hydrogen-bond donors (Lipinski definition) is 2. The quantitative estimate of drug-likeness (QED) is 0.415. The number of benzene rings is 1. The molecule has 2 N–H and O–H groups in total. The summed E-state index contributed by atoms with van der Waals surface area (Å²) in [7, 11) is 0. The van der Waals surface area contributed by atoms with Gasteiger partial charge in [-0.05, 0) is 55.5 Å². The molecule has 2 heterocycles. The van der Waals surface area contributed by atoms with Crippen LogP contribution in [-0.2, 0) is 0 Å². The zero-order valence-electron chi connectivity index (χ0n) is 14.5. The predicted molar refractivity (Wildman–Crippen MR) is 110 cm³/mol. The van der Waals surface area contributed by atoms with Gasteiger partial charge in [0.2, 0.25) is 0 Å². The molecule has 7 heteroatoms. The molecule has 0 unspecified atom stereocenters. The van der Waals surface area contributed by atoms with Crippen LogP contribution in [0.3, 0.4) is 0 Å². The average molecular weight is 373 g/mol. The summed E-state index contributed by atoms with van der Waals surface area (Å²) in [4.78, 5) is 15.1. The lowest BCUT2D eigenvalue weighted by Crippen LogP contribution is -2.37. The second-order valence-corrected chi connectivity index (χ2v) is 5.76. The third-order valence-electron chi connectivity index (χ3n) is 3.55. The Bertz CT molecular complexity index is 1090. The number of rotatable bonds is 3. The molecule has 0 radical (unpaired) electrons. The van der Waals surface area contributed by atoms with Crippen molar-refractivity contribution in [1.29, 1.82) is 0 Å². The Balaban J connectivity index is 2.01. The van der Waals surface area contributed by atoms with Crippen molar-refractivity contribution >= 4 is 34.3 Å². The minimum Gasteiger partial charge on any atom is -0.508 e. The minimum absolute atomic E-state index is 0.190. The summed E-state index contributed by atoms with van der Waals surface area (Å²) in [6.45, 7) is 2.00. The zero-order valence-corrected chi connectivity index (χ0v) is 15.3. The molecule has 0 saturated heterocycles. The van der Waals surface area contributed by atoms with Gasteiger partial charge in [-0.2, -0.15) is 0 Å². The number of thiocarbonyl (C=S) groups is 1. The predicted octanol–water partition coefficient (Wildman–Crippen LogP) is 2.69. The molecule has 27 heavy (non-hydrogen) atoms. The number of phenols is 1. The summed E-state index contributed by atoms with van der Waals surface area (Å²) in [6.07, 6.45) is 6.93. The molecule has 2 aromatic heterocycles. The fraction of sp³-hybridized carbons (Fsp3) is 0.100. The molecule has 0 atom stereocenters. The van der Waals surface area contributed by atoms with E-state index in [0.717, 1.165) is 5.56 Å². The van der Waals surface area contributed by atoms with E-state index < -0.39 is 0 Å². The number of anilines is 1. The van der Waals surface area contributed by atoms with Crippen LogP contribution in [0.2, 0.25) is 0 Å². The lowest BCUT2D eigenvalue weighted by atomic mass is 10.1. The van der Waals surface area contributed by atoms with Crippen LogP contribution in [0.15, 0.2) is 42.6 Å². The van der Waals surface area contributed by atoms with E-state index in [1.165, 1.54) is 0 Å². The number of fused-ring (bicyclic) bond motifs is 1. The van der Waals surface area contributed by atoms with Crippen molar-refractivity contribution in [2.75, 3.05) is 11.4 Å². The first kappa shape index (κ1) is 18.1. The van der Waals surface area contributed by atoms with Crippen LogP contribution >= 0.6 is 12.2 Å². The maximum absolute atomic E-state index is 9.44. The van der Waals surface area contributed by atoms with Gasteiger partial charge in [-0.3, -0.25) is 4.98 Å². The topological polar surface area (TPSA) is 74.2 Å². The van der Waals surface area contributed by atoms with Gasteiger partial charge < -0.3 is 10.4 Å². The third-order valence-corrected chi connectivity index (χ3v) is 3.88. The first-order valence-corrected chi connectivity index (χ1v) is 8.40. The number of terminal acetylenes is 1. The van der Waals surface area contributed by atoms with E-state index in [9.17, 15) is 5.11 Å². The van der Waals surface area contributed by atoms with Crippen LogP contribution in [0, 0.1) is 24.3 Å². The zero-order chi connectivity index (χ0) is 19.2. The molecular formula is C20H15N5OS. The van der Waals surface area contributed by atoms with Crippen molar-refractivity contribution < 1.29 is 5.11 Å². The first-order chi connectivity index (χ1) is 13.1. The SMILES string of the molecule is C#CCNC(=S)N(C#CC)c1ccc2ncc(-c3ccc(O)cc3)nc2n1. The standard InChI is InChI=1S/C20H15N5OS/c1-3-11-21-20(27)25(12-4-2)18-10-9-16-19(24-18)23-17(13-22-16)14-5-7-15(26)8-6-14/h1,5-10,13,26H,11H2,2H3,(H,21,27). The third kappa shape index (κ3) is 4.12. The first-order valence-electron chi connectivity index (χ1n) is 7.99. The van der Waals surface area contributed by atoms with Gasteiger partial charge in [-0.15, -0.1) is 6.42 Å². The second-order valence-electron chi connectivity index (χ2n) is 5.37.